The number of carbonyl (C=O) groups excluding carboxylic acids is 2. The van der Waals surface area contributed by atoms with Crippen molar-refractivity contribution in [1.82, 2.24) is 10.2 Å². The van der Waals surface area contributed by atoms with Crippen molar-refractivity contribution < 1.29 is 22.4 Å². The number of amides is 2. The number of anilines is 1. The fourth-order valence-electron chi connectivity index (χ4n) is 3.47. The number of nitrogens with zero attached hydrogens (tertiary/aromatic N) is 2. The summed E-state index contributed by atoms with van der Waals surface area (Å²) in [6, 6.07) is 8.96. The van der Waals surface area contributed by atoms with Crippen LogP contribution in [-0.2, 0) is 26.2 Å². The van der Waals surface area contributed by atoms with Gasteiger partial charge >= 0.3 is 0 Å². The van der Waals surface area contributed by atoms with Crippen LogP contribution in [0.25, 0.3) is 0 Å². The molecule has 0 bridgehead atoms. The number of benzene rings is 2. The van der Waals surface area contributed by atoms with Gasteiger partial charge in [0.15, 0.2) is 0 Å². The molecule has 11 heteroatoms. The van der Waals surface area contributed by atoms with Gasteiger partial charge in [-0.1, -0.05) is 55.6 Å². The molecule has 0 unspecified atom stereocenters. The van der Waals surface area contributed by atoms with Crippen LogP contribution in [0.1, 0.15) is 38.7 Å². The Morgan fingerprint density at radius 2 is 1.71 bits per heavy atom. The van der Waals surface area contributed by atoms with Crippen molar-refractivity contribution in [3.63, 3.8) is 0 Å². The summed E-state index contributed by atoms with van der Waals surface area (Å²) in [5.41, 5.74) is 0.762. The molecule has 0 saturated carbocycles. The van der Waals surface area contributed by atoms with E-state index in [1.807, 2.05) is 6.92 Å². The SMILES string of the molecule is CCCCNC(=O)[C@@H](CC)N(Cc1ccc(F)cc1)C(=O)CN(c1ccc(Cl)c(Cl)c1)S(C)(=O)=O. The van der Waals surface area contributed by atoms with Gasteiger partial charge in [-0.2, -0.15) is 0 Å². The average Bonchev–Trinajstić information content (AvgIpc) is 2.80. The smallest absolute Gasteiger partial charge is 0.244 e. The summed E-state index contributed by atoms with van der Waals surface area (Å²) in [6.45, 7) is 3.66. The fourth-order valence-corrected chi connectivity index (χ4v) is 4.60. The van der Waals surface area contributed by atoms with E-state index in [4.69, 9.17) is 23.2 Å². The molecule has 35 heavy (non-hydrogen) atoms. The Balaban J connectivity index is 2.41. The molecule has 1 atom stereocenters. The lowest BCUT2D eigenvalue weighted by Crippen LogP contribution is -2.52. The van der Waals surface area contributed by atoms with E-state index in [0.717, 1.165) is 23.4 Å². The first-order chi connectivity index (χ1) is 16.5. The molecule has 1 N–H and O–H groups in total. The van der Waals surface area contributed by atoms with Gasteiger partial charge in [0, 0.05) is 13.1 Å². The second-order valence-corrected chi connectivity index (χ2v) is 10.8. The Morgan fingerprint density at radius 1 is 1.06 bits per heavy atom. The lowest BCUT2D eigenvalue weighted by Gasteiger charge is -2.33. The molecule has 0 aromatic heterocycles. The van der Waals surface area contributed by atoms with Gasteiger partial charge < -0.3 is 10.2 Å². The summed E-state index contributed by atoms with van der Waals surface area (Å²) in [4.78, 5) is 27.8. The van der Waals surface area contributed by atoms with Crippen LogP contribution in [0, 0.1) is 5.82 Å². The van der Waals surface area contributed by atoms with Crippen molar-refractivity contribution in [2.24, 2.45) is 0 Å². The average molecular weight is 546 g/mol. The van der Waals surface area contributed by atoms with E-state index in [0.29, 0.717) is 18.5 Å². The quantitative estimate of drug-likeness (QED) is 0.394. The van der Waals surface area contributed by atoms with E-state index in [9.17, 15) is 22.4 Å². The maximum Gasteiger partial charge on any atom is 0.244 e. The highest BCUT2D eigenvalue weighted by molar-refractivity contribution is 7.92. The summed E-state index contributed by atoms with van der Waals surface area (Å²) in [5.74, 6) is -1.36. The van der Waals surface area contributed by atoms with Crippen molar-refractivity contribution >= 4 is 50.7 Å². The Bertz CT molecular complexity index is 1130. The van der Waals surface area contributed by atoms with Gasteiger partial charge in [-0.15, -0.1) is 0 Å². The van der Waals surface area contributed by atoms with Crippen LogP contribution in [0.15, 0.2) is 42.5 Å². The molecule has 0 heterocycles. The number of sulfonamides is 1. The van der Waals surface area contributed by atoms with Crippen LogP contribution in [-0.4, -0.2) is 50.5 Å². The highest BCUT2D eigenvalue weighted by Gasteiger charge is 2.31. The van der Waals surface area contributed by atoms with E-state index < -0.39 is 34.3 Å². The lowest BCUT2D eigenvalue weighted by molar-refractivity contribution is -0.140. The summed E-state index contributed by atoms with van der Waals surface area (Å²) in [6.07, 6.45) is 2.95. The maximum atomic E-state index is 13.5. The number of carbonyl (C=O) groups is 2. The predicted octanol–water partition coefficient (Wildman–Crippen LogP) is 4.62. The van der Waals surface area contributed by atoms with Gasteiger partial charge in [0.2, 0.25) is 21.8 Å². The first-order valence-corrected chi connectivity index (χ1v) is 13.8. The van der Waals surface area contributed by atoms with E-state index >= 15 is 0 Å². The number of hydrogen-bond acceptors (Lipinski definition) is 4. The molecular weight excluding hydrogens is 516 g/mol. The molecule has 0 aliphatic rings. The third-order valence-corrected chi connectivity index (χ3v) is 7.23. The van der Waals surface area contributed by atoms with Crippen molar-refractivity contribution in [2.45, 2.75) is 45.7 Å². The molecule has 2 aromatic rings. The largest absolute Gasteiger partial charge is 0.354 e. The molecule has 0 aliphatic heterocycles. The second-order valence-electron chi connectivity index (χ2n) is 8.08. The number of nitrogens with one attached hydrogen (secondary N) is 1. The molecule has 7 nitrogen and oxygen atoms in total. The zero-order chi connectivity index (χ0) is 26.2. The summed E-state index contributed by atoms with van der Waals surface area (Å²) in [7, 11) is -3.89. The number of rotatable bonds is 12. The molecule has 2 amide bonds. The van der Waals surface area contributed by atoms with Crippen LogP contribution in [0.5, 0.6) is 0 Å². The van der Waals surface area contributed by atoms with E-state index in [1.54, 1.807) is 6.92 Å². The predicted molar refractivity (Wildman–Crippen MR) is 138 cm³/mol. The third-order valence-electron chi connectivity index (χ3n) is 5.35. The molecule has 0 aliphatic carbocycles. The number of halogens is 3. The Morgan fingerprint density at radius 3 is 2.26 bits per heavy atom. The normalized spacial score (nSPS) is 12.2. The topological polar surface area (TPSA) is 86.8 Å². The summed E-state index contributed by atoms with van der Waals surface area (Å²) in [5, 5.41) is 3.21. The van der Waals surface area contributed by atoms with Gasteiger partial charge in [-0.05, 0) is 48.7 Å². The molecular formula is C24H30Cl2FN3O4S. The molecule has 0 saturated heterocycles. The van der Waals surface area contributed by atoms with Crippen LogP contribution < -0.4 is 9.62 Å². The first kappa shape index (κ1) is 28.9. The first-order valence-electron chi connectivity index (χ1n) is 11.2. The molecule has 0 radical (unpaired) electrons. The third kappa shape index (κ3) is 8.37. The highest BCUT2D eigenvalue weighted by Crippen LogP contribution is 2.28. The van der Waals surface area contributed by atoms with Crippen LogP contribution in [0.2, 0.25) is 10.0 Å². The minimum absolute atomic E-state index is 0.00219. The van der Waals surface area contributed by atoms with Crippen LogP contribution in [0.3, 0.4) is 0 Å². The number of unbranched alkanes of at least 4 members (excludes halogenated alkanes) is 1. The Hall–Kier alpha value is -2.36. The zero-order valence-corrected chi connectivity index (χ0v) is 22.3. The van der Waals surface area contributed by atoms with E-state index in [1.165, 1.54) is 47.4 Å². The lowest BCUT2D eigenvalue weighted by atomic mass is 10.1. The Kier molecular flexibility index (Phi) is 10.8. The maximum absolute atomic E-state index is 13.5. The molecule has 0 fully saturated rings. The molecule has 192 valence electrons. The molecule has 0 spiro atoms. The number of hydrogen-bond donors (Lipinski definition) is 1. The highest BCUT2D eigenvalue weighted by atomic mass is 35.5. The van der Waals surface area contributed by atoms with Crippen molar-refractivity contribution in [1.29, 1.82) is 0 Å². The monoisotopic (exact) mass is 545 g/mol. The summed E-state index contributed by atoms with van der Waals surface area (Å²) < 4.78 is 39.5. The van der Waals surface area contributed by atoms with Gasteiger partial charge in [0.1, 0.15) is 18.4 Å². The van der Waals surface area contributed by atoms with Gasteiger partial charge in [-0.3, -0.25) is 13.9 Å². The molecule has 2 aromatic carbocycles. The van der Waals surface area contributed by atoms with Crippen molar-refractivity contribution in [3.8, 4) is 0 Å². The molecule has 2 rings (SSSR count). The van der Waals surface area contributed by atoms with Crippen LogP contribution in [0.4, 0.5) is 10.1 Å². The van der Waals surface area contributed by atoms with Crippen molar-refractivity contribution in [3.05, 3.63) is 63.9 Å². The van der Waals surface area contributed by atoms with Gasteiger partial charge in [0.25, 0.3) is 0 Å². The standard InChI is InChI=1S/C24H30Cl2FN3O4S/c1-4-6-13-28-24(32)22(5-2)29(15-17-7-9-18(27)10-8-17)23(31)16-30(35(3,33)34)19-11-12-20(25)21(26)14-19/h7-12,14,22H,4-6,13,15-16H2,1-3H3,(H,28,32)/t22-/m1/s1. The van der Waals surface area contributed by atoms with Crippen molar-refractivity contribution in [2.75, 3.05) is 23.7 Å². The fraction of sp³-hybridized carbons (Fsp3) is 0.417. The van der Waals surface area contributed by atoms with E-state index in [2.05, 4.69) is 5.32 Å². The minimum Gasteiger partial charge on any atom is -0.354 e. The van der Waals surface area contributed by atoms with E-state index in [-0.39, 0.29) is 28.2 Å². The Labute approximate surface area is 216 Å². The van der Waals surface area contributed by atoms with Gasteiger partial charge in [0.05, 0.1) is 22.0 Å². The zero-order valence-electron chi connectivity index (χ0n) is 19.9. The second kappa shape index (κ2) is 13.1. The van der Waals surface area contributed by atoms with Gasteiger partial charge in [-0.25, -0.2) is 12.8 Å². The summed E-state index contributed by atoms with van der Waals surface area (Å²) >= 11 is 12.0. The minimum atomic E-state index is -3.89. The van der Waals surface area contributed by atoms with Crippen LogP contribution >= 0.6 is 23.2 Å².